The van der Waals surface area contributed by atoms with Crippen molar-refractivity contribution in [2.45, 2.75) is 64.1 Å². The first kappa shape index (κ1) is 20.2. The molecular weight excluding hydrogens is 372 g/mol. The minimum absolute atomic E-state index is 0.148. The zero-order valence-corrected chi connectivity index (χ0v) is 17.9. The molecule has 2 heterocycles. The number of rotatable bonds is 3. The Morgan fingerprint density at radius 1 is 1.13 bits per heavy atom. The van der Waals surface area contributed by atoms with Gasteiger partial charge in [0.1, 0.15) is 5.60 Å². The molecule has 30 heavy (non-hydrogen) atoms. The van der Waals surface area contributed by atoms with Gasteiger partial charge < -0.3 is 4.74 Å². The highest BCUT2D eigenvalue weighted by atomic mass is 16.6. The van der Waals surface area contributed by atoms with E-state index in [9.17, 15) is 10.1 Å². The van der Waals surface area contributed by atoms with Crippen LogP contribution >= 0.6 is 0 Å². The molecule has 0 aliphatic carbocycles. The van der Waals surface area contributed by atoms with Gasteiger partial charge in [-0.1, -0.05) is 54.1 Å². The Morgan fingerprint density at radius 2 is 1.87 bits per heavy atom. The lowest BCUT2D eigenvalue weighted by Crippen LogP contribution is -2.45. The number of carbonyl (C=O) groups excluding carboxylic acids is 1. The van der Waals surface area contributed by atoms with Crippen molar-refractivity contribution >= 4 is 6.09 Å². The molecule has 0 saturated carbocycles. The summed E-state index contributed by atoms with van der Waals surface area (Å²) in [6.07, 6.45) is 5.94. The molecule has 2 aromatic rings. The molecule has 2 aliphatic rings. The van der Waals surface area contributed by atoms with E-state index in [2.05, 4.69) is 36.4 Å². The quantitative estimate of drug-likeness (QED) is 0.606. The van der Waals surface area contributed by atoms with Gasteiger partial charge in [-0.15, -0.1) is 0 Å². The van der Waals surface area contributed by atoms with Crippen LogP contribution in [0.1, 0.15) is 51.2 Å². The van der Waals surface area contributed by atoms with Crippen molar-refractivity contribution in [3.63, 3.8) is 0 Å². The lowest BCUT2D eigenvalue weighted by Gasteiger charge is -2.35. The van der Waals surface area contributed by atoms with Gasteiger partial charge in [0.15, 0.2) is 0 Å². The summed E-state index contributed by atoms with van der Waals surface area (Å²) >= 11 is 0. The second kappa shape index (κ2) is 7.99. The Bertz CT molecular complexity index is 1010. The predicted octanol–water partition coefficient (Wildman–Crippen LogP) is 5.87. The van der Waals surface area contributed by atoms with Gasteiger partial charge in [-0.3, -0.25) is 4.90 Å². The van der Waals surface area contributed by atoms with E-state index < -0.39 is 5.60 Å². The van der Waals surface area contributed by atoms with Crippen LogP contribution in [0, 0.1) is 11.3 Å². The summed E-state index contributed by atoms with van der Waals surface area (Å²) < 4.78 is 5.62. The number of carbonyl (C=O) groups is 1. The molecule has 0 aromatic heterocycles. The number of amides is 1. The summed E-state index contributed by atoms with van der Waals surface area (Å²) in [5.74, 6) is 0. The molecule has 4 heteroatoms. The van der Waals surface area contributed by atoms with Crippen molar-refractivity contribution < 1.29 is 9.53 Å². The highest BCUT2D eigenvalue weighted by molar-refractivity contribution is 5.71. The number of ether oxygens (including phenoxy) is 1. The van der Waals surface area contributed by atoms with Crippen LogP contribution in [0.5, 0.6) is 0 Å². The molecule has 0 spiro atoms. The van der Waals surface area contributed by atoms with E-state index in [4.69, 9.17) is 4.74 Å². The van der Waals surface area contributed by atoms with Gasteiger partial charge in [0.25, 0.3) is 0 Å². The fourth-order valence-corrected chi connectivity index (χ4v) is 4.55. The third-order valence-electron chi connectivity index (χ3n) is 5.82. The summed E-state index contributed by atoms with van der Waals surface area (Å²) in [6, 6.07) is 18.8. The van der Waals surface area contributed by atoms with E-state index >= 15 is 0 Å². The second-order valence-corrected chi connectivity index (χ2v) is 9.25. The first-order valence-electron chi connectivity index (χ1n) is 10.6. The Morgan fingerprint density at radius 3 is 2.53 bits per heavy atom. The normalized spacial score (nSPS) is 20.5. The Labute approximate surface area is 178 Å². The van der Waals surface area contributed by atoms with Crippen molar-refractivity contribution in [1.82, 2.24) is 4.90 Å². The number of hydrogen-bond donors (Lipinski definition) is 0. The lowest BCUT2D eigenvalue weighted by molar-refractivity contribution is 0.0166. The largest absolute Gasteiger partial charge is 0.444 e. The minimum Gasteiger partial charge on any atom is -0.444 e. The molecule has 1 fully saturated rings. The maximum Gasteiger partial charge on any atom is 0.411 e. The molecule has 2 aliphatic heterocycles. The Hall–Kier alpha value is -3.06. The predicted molar refractivity (Wildman–Crippen MR) is 118 cm³/mol. The van der Waals surface area contributed by atoms with Crippen LogP contribution in [-0.4, -0.2) is 28.7 Å². The molecule has 0 radical (unpaired) electrons. The maximum atomic E-state index is 12.6. The molecule has 2 aromatic carbocycles. The molecule has 2 unspecified atom stereocenters. The SMILES string of the molecule is CC(C)(C)OC(=O)N1C2C=C(Cc3ccc(-c4ccccc4C#N)cc3)CC1CC2. The molecule has 154 valence electrons. The molecule has 2 atom stereocenters. The third kappa shape index (κ3) is 4.26. The summed E-state index contributed by atoms with van der Waals surface area (Å²) in [6.45, 7) is 5.74. The zero-order chi connectivity index (χ0) is 21.3. The highest BCUT2D eigenvalue weighted by Gasteiger charge is 2.41. The van der Waals surface area contributed by atoms with Gasteiger partial charge in [-0.25, -0.2) is 4.79 Å². The fourth-order valence-electron chi connectivity index (χ4n) is 4.55. The number of benzene rings is 2. The van der Waals surface area contributed by atoms with Crippen LogP contribution in [-0.2, 0) is 11.2 Å². The highest BCUT2D eigenvalue weighted by Crippen LogP contribution is 2.37. The van der Waals surface area contributed by atoms with Gasteiger partial charge in [0, 0.05) is 6.04 Å². The van der Waals surface area contributed by atoms with E-state index in [0.29, 0.717) is 5.56 Å². The molecular formula is C26H28N2O2. The first-order valence-corrected chi connectivity index (χ1v) is 10.6. The topological polar surface area (TPSA) is 53.3 Å². The fraction of sp³-hybridized carbons (Fsp3) is 0.385. The summed E-state index contributed by atoms with van der Waals surface area (Å²) in [7, 11) is 0. The van der Waals surface area contributed by atoms with Gasteiger partial charge >= 0.3 is 6.09 Å². The number of hydrogen-bond acceptors (Lipinski definition) is 3. The standard InChI is InChI=1S/C26H28N2O2/c1-26(2,3)30-25(29)28-22-12-13-23(28)16-19(15-22)14-18-8-10-20(11-9-18)24-7-5-4-6-21(24)17-27/h4-11,15,22-23H,12-14,16H2,1-3H3. The van der Waals surface area contributed by atoms with E-state index in [1.165, 1.54) is 11.1 Å². The van der Waals surface area contributed by atoms with Gasteiger partial charge in [-0.2, -0.15) is 5.26 Å². The van der Waals surface area contributed by atoms with Gasteiger partial charge in [-0.05, 0) is 69.2 Å². The smallest absolute Gasteiger partial charge is 0.411 e. The van der Waals surface area contributed by atoms with E-state index in [1.54, 1.807) is 0 Å². The van der Waals surface area contributed by atoms with Crippen molar-refractivity contribution in [3.05, 3.63) is 71.3 Å². The van der Waals surface area contributed by atoms with Crippen LogP contribution < -0.4 is 0 Å². The molecule has 0 N–H and O–H groups in total. The van der Waals surface area contributed by atoms with Crippen molar-refractivity contribution in [2.24, 2.45) is 0 Å². The summed E-state index contributed by atoms with van der Waals surface area (Å²) in [5, 5.41) is 9.33. The summed E-state index contributed by atoms with van der Waals surface area (Å²) in [5.41, 5.74) is 4.90. The molecule has 1 amide bonds. The van der Waals surface area contributed by atoms with Crippen LogP contribution in [0.3, 0.4) is 0 Å². The molecule has 1 saturated heterocycles. The van der Waals surface area contributed by atoms with Crippen LogP contribution in [0.15, 0.2) is 60.2 Å². The Kier molecular flexibility index (Phi) is 5.39. The summed E-state index contributed by atoms with van der Waals surface area (Å²) in [4.78, 5) is 14.6. The molecule has 2 bridgehead atoms. The van der Waals surface area contributed by atoms with E-state index in [0.717, 1.165) is 36.8 Å². The second-order valence-electron chi connectivity index (χ2n) is 9.25. The zero-order valence-electron chi connectivity index (χ0n) is 17.9. The first-order chi connectivity index (χ1) is 14.3. The van der Waals surface area contributed by atoms with Crippen molar-refractivity contribution in [3.8, 4) is 17.2 Å². The number of nitrogens with zero attached hydrogens (tertiary/aromatic N) is 2. The number of nitriles is 1. The van der Waals surface area contributed by atoms with Crippen LogP contribution in [0.2, 0.25) is 0 Å². The average molecular weight is 401 g/mol. The van der Waals surface area contributed by atoms with Gasteiger partial charge in [0.2, 0.25) is 0 Å². The monoisotopic (exact) mass is 400 g/mol. The van der Waals surface area contributed by atoms with E-state index in [-0.39, 0.29) is 18.2 Å². The van der Waals surface area contributed by atoms with Crippen molar-refractivity contribution in [1.29, 1.82) is 5.26 Å². The Balaban J connectivity index is 1.46. The molecule has 4 nitrogen and oxygen atoms in total. The lowest BCUT2D eigenvalue weighted by atomic mass is 9.93. The average Bonchev–Trinajstić information content (AvgIpc) is 2.98. The van der Waals surface area contributed by atoms with Gasteiger partial charge in [0.05, 0.1) is 17.7 Å². The molecule has 4 rings (SSSR count). The number of fused-ring (bicyclic) bond motifs is 2. The minimum atomic E-state index is -0.466. The van der Waals surface area contributed by atoms with Crippen molar-refractivity contribution in [2.75, 3.05) is 0 Å². The van der Waals surface area contributed by atoms with E-state index in [1.807, 2.05) is 49.9 Å². The maximum absolute atomic E-state index is 12.6. The third-order valence-corrected chi connectivity index (χ3v) is 5.82. The van der Waals surface area contributed by atoms with Crippen LogP contribution in [0.4, 0.5) is 4.79 Å². The van der Waals surface area contributed by atoms with Crippen LogP contribution in [0.25, 0.3) is 11.1 Å².